The standard InChI is InChI=1S/C22H21N5O3/c1-29-15-9-14(10-16(11-15)30-2)21-25-22-24-17-6-3-7-18(28)19(17)20(27(22)26-21)13-5-4-8-23-12-13/h4-5,8-12,20H,3,6-7H2,1-2H3,(H,24,25,26). The molecule has 0 saturated heterocycles. The molecule has 0 bridgehead atoms. The maximum Gasteiger partial charge on any atom is 0.226 e. The van der Waals surface area contributed by atoms with Crippen molar-refractivity contribution in [1.82, 2.24) is 19.7 Å². The number of anilines is 1. The number of ketones is 1. The maximum absolute atomic E-state index is 12.9. The highest BCUT2D eigenvalue weighted by Crippen LogP contribution is 2.40. The summed E-state index contributed by atoms with van der Waals surface area (Å²) in [5.74, 6) is 2.58. The van der Waals surface area contributed by atoms with E-state index < -0.39 is 0 Å². The van der Waals surface area contributed by atoms with Crippen LogP contribution in [0.2, 0.25) is 0 Å². The van der Waals surface area contributed by atoms with Gasteiger partial charge in [-0.2, -0.15) is 4.98 Å². The van der Waals surface area contributed by atoms with Crippen LogP contribution < -0.4 is 14.8 Å². The molecule has 3 heterocycles. The van der Waals surface area contributed by atoms with Gasteiger partial charge in [0, 0.05) is 41.7 Å². The van der Waals surface area contributed by atoms with E-state index in [1.165, 1.54) is 0 Å². The Labute approximate surface area is 173 Å². The first kappa shape index (κ1) is 18.4. The van der Waals surface area contributed by atoms with E-state index in [9.17, 15) is 4.79 Å². The third-order valence-electron chi connectivity index (χ3n) is 5.48. The van der Waals surface area contributed by atoms with Crippen molar-refractivity contribution in [1.29, 1.82) is 0 Å². The van der Waals surface area contributed by atoms with Gasteiger partial charge >= 0.3 is 0 Å². The summed E-state index contributed by atoms with van der Waals surface area (Å²) < 4.78 is 12.5. The third kappa shape index (κ3) is 3.01. The summed E-state index contributed by atoms with van der Waals surface area (Å²) in [6.07, 6.45) is 5.69. The number of nitrogens with zero attached hydrogens (tertiary/aromatic N) is 4. The Balaban J connectivity index is 1.66. The van der Waals surface area contributed by atoms with Gasteiger partial charge in [-0.3, -0.25) is 9.78 Å². The highest BCUT2D eigenvalue weighted by Gasteiger charge is 2.37. The third-order valence-corrected chi connectivity index (χ3v) is 5.48. The lowest BCUT2D eigenvalue weighted by atomic mass is 9.86. The molecule has 0 spiro atoms. The lowest BCUT2D eigenvalue weighted by Crippen LogP contribution is -2.31. The van der Waals surface area contributed by atoms with Crippen LogP contribution in [0, 0.1) is 0 Å². The zero-order valence-corrected chi connectivity index (χ0v) is 16.8. The molecule has 5 rings (SSSR count). The van der Waals surface area contributed by atoms with Crippen LogP contribution in [-0.4, -0.2) is 39.8 Å². The Bertz CT molecular complexity index is 1130. The molecule has 0 amide bonds. The number of pyridine rings is 1. The van der Waals surface area contributed by atoms with Crippen LogP contribution >= 0.6 is 0 Å². The molecule has 2 aromatic heterocycles. The van der Waals surface area contributed by atoms with Crippen molar-refractivity contribution >= 4 is 11.7 Å². The smallest absolute Gasteiger partial charge is 0.226 e. The molecule has 1 aliphatic heterocycles. The average molecular weight is 403 g/mol. The number of methoxy groups -OCH3 is 2. The Morgan fingerprint density at radius 1 is 1.13 bits per heavy atom. The van der Waals surface area contributed by atoms with Crippen LogP contribution in [0.15, 0.2) is 54.0 Å². The number of Topliss-reactive ketones (excluding diaryl/α,β-unsaturated/α-hetero) is 1. The van der Waals surface area contributed by atoms with Crippen LogP contribution in [0.1, 0.15) is 30.9 Å². The van der Waals surface area contributed by atoms with Crippen molar-refractivity contribution in [2.24, 2.45) is 0 Å². The minimum absolute atomic E-state index is 0.142. The molecule has 0 fully saturated rings. The van der Waals surface area contributed by atoms with Crippen molar-refractivity contribution < 1.29 is 14.3 Å². The van der Waals surface area contributed by atoms with E-state index in [2.05, 4.69) is 10.3 Å². The van der Waals surface area contributed by atoms with Crippen molar-refractivity contribution in [3.63, 3.8) is 0 Å². The van der Waals surface area contributed by atoms with Crippen LogP contribution in [0.25, 0.3) is 11.4 Å². The number of hydrogen-bond acceptors (Lipinski definition) is 7. The van der Waals surface area contributed by atoms with Gasteiger partial charge < -0.3 is 14.8 Å². The molecular formula is C22H21N5O3. The largest absolute Gasteiger partial charge is 0.497 e. The number of allylic oxidation sites excluding steroid dienone is 2. The van der Waals surface area contributed by atoms with Crippen LogP contribution in [-0.2, 0) is 4.79 Å². The first-order valence-corrected chi connectivity index (χ1v) is 9.81. The second-order valence-electron chi connectivity index (χ2n) is 7.29. The number of carbonyl (C=O) groups excluding carboxylic acids is 1. The number of fused-ring (bicyclic) bond motifs is 1. The molecule has 1 aliphatic carbocycles. The summed E-state index contributed by atoms with van der Waals surface area (Å²) in [6.45, 7) is 0. The first-order chi connectivity index (χ1) is 14.7. The normalized spacial score (nSPS) is 17.8. The fourth-order valence-corrected chi connectivity index (χ4v) is 4.06. The number of carbonyl (C=O) groups is 1. The Morgan fingerprint density at radius 2 is 1.93 bits per heavy atom. The van der Waals surface area contributed by atoms with E-state index in [-0.39, 0.29) is 11.8 Å². The summed E-state index contributed by atoms with van der Waals surface area (Å²) in [5, 5.41) is 8.11. The van der Waals surface area contributed by atoms with Gasteiger partial charge in [-0.15, -0.1) is 5.10 Å². The van der Waals surface area contributed by atoms with Gasteiger partial charge in [0.05, 0.1) is 14.2 Å². The molecule has 1 N–H and O–H groups in total. The molecular weight excluding hydrogens is 382 g/mol. The van der Waals surface area contributed by atoms with Crippen LogP contribution in [0.3, 0.4) is 0 Å². The highest BCUT2D eigenvalue weighted by molar-refractivity contribution is 5.99. The zero-order valence-electron chi connectivity index (χ0n) is 16.8. The van der Waals surface area contributed by atoms with E-state index in [1.54, 1.807) is 37.4 Å². The van der Waals surface area contributed by atoms with E-state index in [0.717, 1.165) is 35.2 Å². The van der Waals surface area contributed by atoms with E-state index >= 15 is 0 Å². The molecule has 3 aromatic rings. The van der Waals surface area contributed by atoms with Crippen molar-refractivity contribution in [2.45, 2.75) is 25.3 Å². The highest BCUT2D eigenvalue weighted by atomic mass is 16.5. The van der Waals surface area contributed by atoms with Crippen molar-refractivity contribution in [3.8, 4) is 22.9 Å². The fraction of sp³-hybridized carbons (Fsp3) is 0.273. The zero-order chi connectivity index (χ0) is 20.7. The second kappa shape index (κ2) is 7.29. The number of hydrogen-bond donors (Lipinski definition) is 1. The summed E-state index contributed by atoms with van der Waals surface area (Å²) in [7, 11) is 3.21. The number of aromatic nitrogens is 4. The van der Waals surface area contributed by atoms with Gasteiger partial charge in [0.15, 0.2) is 11.6 Å². The molecule has 152 valence electrons. The van der Waals surface area contributed by atoms with Gasteiger partial charge in [0.1, 0.15) is 17.5 Å². The number of rotatable bonds is 4. The van der Waals surface area contributed by atoms with Crippen LogP contribution in [0.5, 0.6) is 11.5 Å². The predicted octanol–water partition coefficient (Wildman–Crippen LogP) is 3.38. The van der Waals surface area contributed by atoms with Gasteiger partial charge in [-0.1, -0.05) is 6.07 Å². The molecule has 1 unspecified atom stereocenters. The summed E-state index contributed by atoms with van der Waals surface area (Å²) in [4.78, 5) is 21.8. The molecule has 8 nitrogen and oxygen atoms in total. The minimum Gasteiger partial charge on any atom is -0.497 e. The number of ether oxygens (including phenoxy) is 2. The van der Waals surface area contributed by atoms with Crippen LogP contribution in [0.4, 0.5) is 5.95 Å². The van der Waals surface area contributed by atoms with Gasteiger partial charge in [0.2, 0.25) is 5.95 Å². The van der Waals surface area contributed by atoms with Gasteiger partial charge in [-0.05, 0) is 36.6 Å². The molecule has 1 atom stereocenters. The lowest BCUT2D eigenvalue weighted by Gasteiger charge is -2.31. The molecule has 1 aromatic carbocycles. The minimum atomic E-state index is -0.355. The fourth-order valence-electron chi connectivity index (χ4n) is 4.06. The molecule has 0 radical (unpaired) electrons. The monoisotopic (exact) mass is 403 g/mol. The van der Waals surface area contributed by atoms with E-state index in [4.69, 9.17) is 19.6 Å². The summed E-state index contributed by atoms with van der Waals surface area (Å²) >= 11 is 0. The Hall–Kier alpha value is -3.68. The van der Waals surface area contributed by atoms with Gasteiger partial charge in [-0.25, -0.2) is 4.68 Å². The van der Waals surface area contributed by atoms with E-state index in [0.29, 0.717) is 29.7 Å². The van der Waals surface area contributed by atoms with Crippen molar-refractivity contribution in [3.05, 3.63) is 59.6 Å². The second-order valence-corrected chi connectivity index (χ2v) is 7.29. The number of nitrogens with one attached hydrogen (secondary N) is 1. The predicted molar refractivity (Wildman–Crippen MR) is 110 cm³/mol. The maximum atomic E-state index is 12.9. The summed E-state index contributed by atoms with van der Waals surface area (Å²) in [5.41, 5.74) is 3.35. The summed E-state index contributed by atoms with van der Waals surface area (Å²) in [6, 6.07) is 9.01. The Kier molecular flexibility index (Phi) is 4.46. The average Bonchev–Trinajstić information content (AvgIpc) is 3.22. The Morgan fingerprint density at radius 3 is 2.63 bits per heavy atom. The molecule has 2 aliphatic rings. The SMILES string of the molecule is COc1cc(OC)cc(-c2nc3n(n2)C(c2cccnc2)C2=C(CCCC2=O)N3)c1. The number of benzene rings is 1. The molecule has 8 heteroatoms. The van der Waals surface area contributed by atoms with Crippen molar-refractivity contribution in [2.75, 3.05) is 19.5 Å². The molecule has 0 saturated carbocycles. The lowest BCUT2D eigenvalue weighted by molar-refractivity contribution is -0.116. The quantitative estimate of drug-likeness (QED) is 0.714. The molecule has 30 heavy (non-hydrogen) atoms. The topological polar surface area (TPSA) is 91.2 Å². The van der Waals surface area contributed by atoms with E-state index in [1.807, 2.05) is 24.3 Å². The first-order valence-electron chi connectivity index (χ1n) is 9.81. The van der Waals surface area contributed by atoms with Gasteiger partial charge in [0.25, 0.3) is 0 Å².